The van der Waals surface area contributed by atoms with Crippen LogP contribution in [0, 0.1) is 0 Å². The van der Waals surface area contributed by atoms with Gasteiger partial charge in [0.15, 0.2) is 0 Å². The van der Waals surface area contributed by atoms with Crippen LogP contribution in [-0.4, -0.2) is 25.2 Å². The van der Waals surface area contributed by atoms with E-state index in [0.29, 0.717) is 16.6 Å². The lowest BCUT2D eigenvalue weighted by molar-refractivity contribution is -0.137. The minimum absolute atomic E-state index is 0.0336. The zero-order valence-electron chi connectivity index (χ0n) is 16.8. The van der Waals surface area contributed by atoms with Crippen molar-refractivity contribution in [3.05, 3.63) is 82.0 Å². The first-order valence-corrected chi connectivity index (χ1v) is 11.1. The molecule has 1 atom stereocenters. The topological polar surface area (TPSA) is 60.0 Å². The highest BCUT2D eigenvalue weighted by atomic mass is 35.5. The zero-order chi connectivity index (χ0) is 21.5. The molecule has 0 spiro atoms. The summed E-state index contributed by atoms with van der Waals surface area (Å²) in [6.45, 7) is 0.619. The Balaban J connectivity index is 1.62. The van der Waals surface area contributed by atoms with Gasteiger partial charge < -0.3 is 14.2 Å². The van der Waals surface area contributed by atoms with Crippen molar-refractivity contribution in [2.75, 3.05) is 0 Å². The fraction of sp³-hybridized carbons (Fsp3) is 0.250. The molecule has 0 saturated heterocycles. The zero-order valence-corrected chi connectivity index (χ0v) is 18.3. The van der Waals surface area contributed by atoms with E-state index in [1.54, 1.807) is 18.6 Å². The Hall–Kier alpha value is -2.76. The van der Waals surface area contributed by atoms with Crippen LogP contribution in [-0.2, 0) is 17.8 Å². The third kappa shape index (κ3) is 3.73. The van der Waals surface area contributed by atoms with Crippen molar-refractivity contribution in [2.24, 2.45) is 0 Å². The van der Waals surface area contributed by atoms with Crippen molar-refractivity contribution in [2.45, 2.75) is 38.1 Å². The molecular weight excluding hydrogens is 433 g/mol. The number of aryl methyl sites for hydroxylation is 1. The molecule has 5 rings (SSSR count). The molecule has 0 fully saturated rings. The summed E-state index contributed by atoms with van der Waals surface area (Å²) in [5.41, 5.74) is 5.37. The highest BCUT2D eigenvalue weighted by Gasteiger charge is 2.30. The molecule has 2 aromatic heterocycles. The number of nitrogens with zero attached hydrogens (tertiary/aromatic N) is 3. The normalized spacial score (nSPS) is 15.9. The van der Waals surface area contributed by atoms with E-state index in [1.807, 2.05) is 16.8 Å². The Kier molecular flexibility index (Phi) is 5.24. The summed E-state index contributed by atoms with van der Waals surface area (Å²) in [5.74, 6) is -0.808. The summed E-state index contributed by atoms with van der Waals surface area (Å²) >= 11 is 13.0. The van der Waals surface area contributed by atoms with Crippen molar-refractivity contribution in [3.8, 4) is 5.69 Å². The molecule has 1 aliphatic rings. The lowest BCUT2D eigenvalue weighted by Crippen LogP contribution is -2.17. The van der Waals surface area contributed by atoms with Crippen molar-refractivity contribution in [1.29, 1.82) is 0 Å². The first-order valence-electron chi connectivity index (χ1n) is 10.3. The molecule has 1 aliphatic carbocycles. The second-order valence-electron chi connectivity index (χ2n) is 8.06. The lowest BCUT2D eigenvalue weighted by Gasteiger charge is -2.25. The van der Waals surface area contributed by atoms with Gasteiger partial charge in [-0.25, -0.2) is 4.98 Å². The lowest BCUT2D eigenvalue weighted by atomic mass is 9.84. The number of fused-ring (bicyclic) bond motifs is 3. The van der Waals surface area contributed by atoms with E-state index in [4.69, 9.17) is 23.2 Å². The maximum atomic E-state index is 11.6. The number of carbonyl (C=O) groups is 1. The molecule has 2 aromatic carbocycles. The van der Waals surface area contributed by atoms with Gasteiger partial charge in [-0.1, -0.05) is 35.3 Å². The average Bonchev–Trinajstić information content (AvgIpc) is 3.36. The molecular formula is C24H21Cl2N3O2. The number of imidazole rings is 1. The second kappa shape index (κ2) is 8.06. The Morgan fingerprint density at radius 3 is 2.71 bits per heavy atom. The van der Waals surface area contributed by atoms with Crippen LogP contribution >= 0.6 is 23.2 Å². The Morgan fingerprint density at radius 1 is 1.19 bits per heavy atom. The van der Waals surface area contributed by atoms with Crippen LogP contribution in [0.25, 0.3) is 16.6 Å². The quantitative estimate of drug-likeness (QED) is 0.398. The monoisotopic (exact) mass is 453 g/mol. The Labute approximate surface area is 189 Å². The number of benzene rings is 2. The summed E-state index contributed by atoms with van der Waals surface area (Å²) < 4.78 is 4.17. The van der Waals surface area contributed by atoms with Crippen molar-refractivity contribution < 1.29 is 9.90 Å². The van der Waals surface area contributed by atoms with E-state index in [-0.39, 0.29) is 12.3 Å². The number of hydrogen-bond acceptors (Lipinski definition) is 2. The minimum atomic E-state index is -0.775. The van der Waals surface area contributed by atoms with Crippen molar-refractivity contribution >= 4 is 40.1 Å². The maximum Gasteiger partial charge on any atom is 0.304 e. The minimum Gasteiger partial charge on any atom is -0.481 e. The average molecular weight is 454 g/mol. The Bertz CT molecular complexity index is 1260. The first kappa shape index (κ1) is 20.2. The van der Waals surface area contributed by atoms with Gasteiger partial charge in [0.1, 0.15) is 0 Å². The van der Waals surface area contributed by atoms with E-state index in [9.17, 15) is 9.90 Å². The van der Waals surface area contributed by atoms with Crippen LogP contribution in [0.4, 0.5) is 0 Å². The van der Waals surface area contributed by atoms with Crippen LogP contribution in [0.2, 0.25) is 10.0 Å². The third-order valence-corrected chi connectivity index (χ3v) is 6.60. The summed E-state index contributed by atoms with van der Waals surface area (Å²) in [5, 5.41) is 11.7. The van der Waals surface area contributed by atoms with Crippen LogP contribution < -0.4 is 0 Å². The van der Waals surface area contributed by atoms with Gasteiger partial charge in [0.25, 0.3) is 0 Å². The van der Waals surface area contributed by atoms with Crippen LogP contribution in [0.3, 0.4) is 0 Å². The summed E-state index contributed by atoms with van der Waals surface area (Å²) in [6, 6.07) is 12.0. The standard InChI is InChI=1S/C24H21Cl2N3O2/c25-17-11-20-19-3-1-2-16(10-22(30)31)23(19)29(24(20)21(26)12-17)13-15-4-6-18(7-5-15)28-9-8-27-14-28/h4-9,11-12,14,16H,1-3,10,13H2,(H,30,31). The molecule has 0 radical (unpaired) electrons. The summed E-state index contributed by atoms with van der Waals surface area (Å²) in [6.07, 6.45) is 8.28. The number of hydrogen-bond donors (Lipinski definition) is 1. The molecule has 31 heavy (non-hydrogen) atoms. The van der Waals surface area contributed by atoms with Crippen LogP contribution in [0.15, 0.2) is 55.1 Å². The fourth-order valence-corrected chi connectivity index (χ4v) is 5.42. The predicted octanol–water partition coefficient (Wildman–Crippen LogP) is 6.08. The molecule has 4 aromatic rings. The Morgan fingerprint density at radius 2 is 2.00 bits per heavy atom. The highest BCUT2D eigenvalue weighted by molar-refractivity contribution is 6.38. The smallest absolute Gasteiger partial charge is 0.304 e. The molecule has 0 aliphatic heterocycles. The predicted molar refractivity (Wildman–Crippen MR) is 123 cm³/mol. The van der Waals surface area contributed by atoms with Crippen LogP contribution in [0.1, 0.15) is 42.0 Å². The number of aromatic nitrogens is 3. The molecule has 0 amide bonds. The molecule has 158 valence electrons. The number of rotatable bonds is 5. The number of aliphatic carboxylic acids is 1. The maximum absolute atomic E-state index is 11.6. The van der Waals surface area contributed by atoms with Gasteiger partial charge in [-0.15, -0.1) is 0 Å². The molecule has 0 saturated carbocycles. The molecule has 2 heterocycles. The number of carboxylic acids is 1. The summed E-state index contributed by atoms with van der Waals surface area (Å²) in [7, 11) is 0. The molecule has 7 heteroatoms. The van der Waals surface area contributed by atoms with E-state index >= 15 is 0 Å². The van der Waals surface area contributed by atoms with Gasteiger partial charge in [-0.3, -0.25) is 4.79 Å². The van der Waals surface area contributed by atoms with Gasteiger partial charge in [-0.05, 0) is 54.7 Å². The summed E-state index contributed by atoms with van der Waals surface area (Å²) in [4.78, 5) is 15.7. The van der Waals surface area contributed by atoms with E-state index < -0.39 is 5.97 Å². The van der Waals surface area contributed by atoms with E-state index in [2.05, 4.69) is 33.8 Å². The van der Waals surface area contributed by atoms with Gasteiger partial charge in [0, 0.05) is 46.6 Å². The molecule has 1 unspecified atom stereocenters. The van der Waals surface area contributed by atoms with Gasteiger partial charge in [0.2, 0.25) is 0 Å². The van der Waals surface area contributed by atoms with Crippen molar-refractivity contribution in [3.63, 3.8) is 0 Å². The number of halogens is 2. The largest absolute Gasteiger partial charge is 0.481 e. The first-order chi connectivity index (χ1) is 15.0. The van der Waals surface area contributed by atoms with Gasteiger partial charge in [0.05, 0.1) is 23.3 Å². The van der Waals surface area contributed by atoms with E-state index in [0.717, 1.165) is 47.1 Å². The van der Waals surface area contributed by atoms with Gasteiger partial charge >= 0.3 is 5.97 Å². The van der Waals surface area contributed by atoms with Crippen LogP contribution in [0.5, 0.6) is 0 Å². The van der Waals surface area contributed by atoms with Crippen molar-refractivity contribution in [1.82, 2.24) is 14.1 Å². The second-order valence-corrected chi connectivity index (χ2v) is 8.90. The SMILES string of the molecule is O=C(O)CC1CCCc2c1n(Cc1ccc(-n3ccnc3)cc1)c1c(Cl)cc(Cl)cc21. The molecule has 5 nitrogen and oxygen atoms in total. The molecule has 1 N–H and O–H groups in total. The fourth-order valence-electron chi connectivity index (χ4n) is 4.82. The third-order valence-electron chi connectivity index (χ3n) is 6.09. The highest BCUT2D eigenvalue weighted by Crippen LogP contribution is 2.43. The van der Waals surface area contributed by atoms with Gasteiger partial charge in [-0.2, -0.15) is 0 Å². The number of carboxylic acid groups (broad SMARTS) is 1. The molecule has 0 bridgehead atoms. The van der Waals surface area contributed by atoms with E-state index in [1.165, 1.54) is 5.56 Å².